The lowest BCUT2D eigenvalue weighted by molar-refractivity contribution is 0.561. The van der Waals surface area contributed by atoms with Crippen LogP contribution in [0, 0.1) is 0 Å². The van der Waals surface area contributed by atoms with Crippen LogP contribution in [-0.4, -0.2) is 15.0 Å². The molecule has 1 aromatic rings. The highest BCUT2D eigenvalue weighted by atomic mass is 79.9. The number of halogens is 1. The Hall–Kier alpha value is -0.320. The lowest BCUT2D eigenvalue weighted by atomic mass is 10.1. The highest BCUT2D eigenvalue weighted by Gasteiger charge is 2.27. The molecule has 0 spiro atoms. The van der Waals surface area contributed by atoms with Gasteiger partial charge in [-0.2, -0.15) is 0 Å². The molecular formula is C14H20BrNOS. The van der Waals surface area contributed by atoms with Crippen molar-refractivity contribution in [2.24, 2.45) is 4.40 Å². The first-order chi connectivity index (χ1) is 8.34. The third kappa shape index (κ3) is 4.75. The molecule has 0 N–H and O–H groups in total. The van der Waals surface area contributed by atoms with Crippen molar-refractivity contribution in [3.63, 3.8) is 0 Å². The summed E-state index contributed by atoms with van der Waals surface area (Å²) < 4.78 is 17.2. The Morgan fingerprint density at radius 3 is 2.28 bits per heavy atom. The van der Waals surface area contributed by atoms with Crippen molar-refractivity contribution in [3.05, 3.63) is 34.3 Å². The van der Waals surface area contributed by atoms with Gasteiger partial charge in [-0.15, -0.1) is 0 Å². The first-order valence-electron chi connectivity index (χ1n) is 6.10. The first-order valence-corrected chi connectivity index (χ1v) is 8.00. The number of hydrogen-bond acceptors (Lipinski definition) is 2. The van der Waals surface area contributed by atoms with E-state index in [1.54, 1.807) is 0 Å². The molecule has 0 amide bonds. The van der Waals surface area contributed by atoms with Gasteiger partial charge in [0.25, 0.3) is 0 Å². The molecule has 0 aromatic heterocycles. The van der Waals surface area contributed by atoms with E-state index >= 15 is 0 Å². The maximum atomic E-state index is 12.1. The molecule has 0 heterocycles. The van der Waals surface area contributed by atoms with Gasteiger partial charge in [-0.25, -0.2) is 0 Å². The standard InChI is InChI=1S/C14H20BrNOS/c1-5-6-13(16-18(17)14(2,3)4)11-7-9-12(15)10-8-11/h7-10H,5-6H2,1-4H3. The van der Waals surface area contributed by atoms with Crippen molar-refractivity contribution in [1.82, 2.24) is 0 Å². The molecule has 0 saturated heterocycles. The van der Waals surface area contributed by atoms with E-state index in [2.05, 4.69) is 27.3 Å². The molecule has 1 unspecified atom stereocenters. The SMILES string of the molecule is CCCC(=N[S+]([O-])C(C)(C)C)c1ccc(Br)cc1. The van der Waals surface area contributed by atoms with E-state index in [9.17, 15) is 4.55 Å². The molecule has 1 rings (SSSR count). The van der Waals surface area contributed by atoms with Crippen LogP contribution in [0.2, 0.25) is 0 Å². The predicted octanol–water partition coefficient (Wildman–Crippen LogP) is 4.50. The Labute approximate surface area is 121 Å². The fourth-order valence-electron chi connectivity index (χ4n) is 1.36. The second kappa shape index (κ2) is 6.73. The third-order valence-corrected chi connectivity index (χ3v) is 4.34. The summed E-state index contributed by atoms with van der Waals surface area (Å²) in [5, 5.41) is 0. The second-order valence-corrected chi connectivity index (χ2v) is 7.98. The van der Waals surface area contributed by atoms with E-state index in [0.717, 1.165) is 28.6 Å². The summed E-state index contributed by atoms with van der Waals surface area (Å²) in [5.74, 6) is 0. The van der Waals surface area contributed by atoms with E-state index < -0.39 is 11.4 Å². The number of benzene rings is 1. The molecule has 0 fully saturated rings. The van der Waals surface area contributed by atoms with Crippen molar-refractivity contribution in [3.8, 4) is 0 Å². The molecule has 1 atom stereocenters. The van der Waals surface area contributed by atoms with Crippen LogP contribution in [0.3, 0.4) is 0 Å². The summed E-state index contributed by atoms with van der Waals surface area (Å²) in [5.41, 5.74) is 1.98. The lowest BCUT2D eigenvalue weighted by Gasteiger charge is -2.19. The van der Waals surface area contributed by atoms with Gasteiger partial charge in [0.15, 0.2) is 0 Å². The molecule has 18 heavy (non-hydrogen) atoms. The molecule has 0 bridgehead atoms. The average Bonchev–Trinajstić information content (AvgIpc) is 2.28. The topological polar surface area (TPSA) is 35.4 Å². The summed E-state index contributed by atoms with van der Waals surface area (Å²) in [4.78, 5) is 0. The van der Waals surface area contributed by atoms with Crippen LogP contribution < -0.4 is 0 Å². The Morgan fingerprint density at radius 2 is 1.83 bits per heavy atom. The zero-order chi connectivity index (χ0) is 13.8. The fourth-order valence-corrected chi connectivity index (χ4v) is 2.29. The molecule has 2 nitrogen and oxygen atoms in total. The molecule has 0 aliphatic heterocycles. The van der Waals surface area contributed by atoms with Gasteiger partial charge in [-0.3, -0.25) is 0 Å². The van der Waals surface area contributed by atoms with Crippen molar-refractivity contribution in [2.75, 3.05) is 0 Å². The minimum atomic E-state index is -1.20. The van der Waals surface area contributed by atoms with Gasteiger partial charge in [0.1, 0.15) is 16.1 Å². The maximum absolute atomic E-state index is 12.1. The van der Waals surface area contributed by atoms with E-state index in [0.29, 0.717) is 0 Å². The molecule has 1 aromatic carbocycles. The van der Waals surface area contributed by atoms with Crippen LogP contribution in [0.4, 0.5) is 0 Å². The minimum absolute atomic E-state index is 0.311. The van der Waals surface area contributed by atoms with E-state index in [-0.39, 0.29) is 4.75 Å². The molecule has 100 valence electrons. The van der Waals surface area contributed by atoms with Crippen molar-refractivity contribution >= 4 is 33.0 Å². The number of rotatable bonds is 4. The Kier molecular flexibility index (Phi) is 5.89. The highest BCUT2D eigenvalue weighted by Crippen LogP contribution is 2.20. The zero-order valence-electron chi connectivity index (χ0n) is 11.4. The van der Waals surface area contributed by atoms with Crippen molar-refractivity contribution in [1.29, 1.82) is 0 Å². The molecular weight excluding hydrogens is 310 g/mol. The van der Waals surface area contributed by atoms with Crippen LogP contribution in [0.15, 0.2) is 33.1 Å². The highest BCUT2D eigenvalue weighted by molar-refractivity contribution is 9.10. The molecule has 0 aliphatic rings. The maximum Gasteiger partial charge on any atom is 0.144 e. The third-order valence-electron chi connectivity index (χ3n) is 2.38. The Balaban J connectivity index is 3.02. The largest absolute Gasteiger partial charge is 0.591 e. The summed E-state index contributed by atoms with van der Waals surface area (Å²) in [6.45, 7) is 7.93. The van der Waals surface area contributed by atoms with Gasteiger partial charge < -0.3 is 4.55 Å². The Morgan fingerprint density at radius 1 is 1.28 bits per heavy atom. The smallest absolute Gasteiger partial charge is 0.144 e. The molecule has 4 heteroatoms. The quantitative estimate of drug-likeness (QED) is 0.591. The lowest BCUT2D eigenvalue weighted by Crippen LogP contribution is -2.27. The number of hydrogen-bond donors (Lipinski definition) is 0. The number of nitrogens with zero attached hydrogens (tertiary/aromatic N) is 1. The average molecular weight is 330 g/mol. The van der Waals surface area contributed by atoms with Crippen molar-refractivity contribution in [2.45, 2.75) is 45.3 Å². The minimum Gasteiger partial charge on any atom is -0.591 e. The van der Waals surface area contributed by atoms with E-state index in [1.807, 2.05) is 45.0 Å². The van der Waals surface area contributed by atoms with Crippen LogP contribution in [-0.2, 0) is 11.4 Å². The normalized spacial score (nSPS) is 14.7. The predicted molar refractivity (Wildman–Crippen MR) is 83.5 cm³/mol. The van der Waals surface area contributed by atoms with Gasteiger partial charge in [-0.05, 0) is 39.3 Å². The van der Waals surface area contributed by atoms with Gasteiger partial charge in [0, 0.05) is 10.0 Å². The summed E-state index contributed by atoms with van der Waals surface area (Å²) >= 11 is 2.22. The summed E-state index contributed by atoms with van der Waals surface area (Å²) in [6.07, 6.45) is 1.85. The fraction of sp³-hybridized carbons (Fsp3) is 0.500. The van der Waals surface area contributed by atoms with Crippen LogP contribution in [0.1, 0.15) is 46.1 Å². The zero-order valence-corrected chi connectivity index (χ0v) is 13.8. The van der Waals surface area contributed by atoms with Crippen LogP contribution >= 0.6 is 15.9 Å². The monoisotopic (exact) mass is 329 g/mol. The first kappa shape index (κ1) is 15.7. The second-order valence-electron chi connectivity index (χ2n) is 5.16. The molecule has 0 radical (unpaired) electrons. The van der Waals surface area contributed by atoms with Crippen molar-refractivity contribution < 1.29 is 4.55 Å². The summed E-state index contributed by atoms with van der Waals surface area (Å²) in [6, 6.07) is 8.00. The van der Waals surface area contributed by atoms with Gasteiger partial charge in [0.2, 0.25) is 0 Å². The van der Waals surface area contributed by atoms with E-state index in [4.69, 9.17) is 0 Å². The molecule has 0 aliphatic carbocycles. The van der Waals surface area contributed by atoms with Crippen LogP contribution in [0.25, 0.3) is 0 Å². The van der Waals surface area contributed by atoms with Gasteiger partial charge in [0.05, 0.1) is 5.71 Å². The molecule has 0 saturated carbocycles. The Bertz CT molecular complexity index is 409. The van der Waals surface area contributed by atoms with Gasteiger partial charge >= 0.3 is 0 Å². The van der Waals surface area contributed by atoms with Crippen LogP contribution in [0.5, 0.6) is 0 Å². The summed E-state index contributed by atoms with van der Waals surface area (Å²) in [7, 11) is 0. The van der Waals surface area contributed by atoms with E-state index in [1.165, 1.54) is 0 Å². The van der Waals surface area contributed by atoms with Gasteiger partial charge in [-0.1, -0.05) is 45.8 Å².